The van der Waals surface area contributed by atoms with Gasteiger partial charge in [0.2, 0.25) is 0 Å². The van der Waals surface area contributed by atoms with E-state index in [0.29, 0.717) is 17.1 Å². The van der Waals surface area contributed by atoms with Gasteiger partial charge in [-0.3, -0.25) is 10.6 Å². The van der Waals surface area contributed by atoms with Crippen molar-refractivity contribution in [2.75, 3.05) is 10.7 Å². The van der Waals surface area contributed by atoms with Crippen molar-refractivity contribution in [3.8, 4) is 0 Å². The number of hydrogen-bond donors (Lipinski definition) is 3. The number of aromatic nitrogens is 2. The van der Waals surface area contributed by atoms with Gasteiger partial charge in [-0.05, 0) is 26.0 Å². The van der Waals surface area contributed by atoms with E-state index in [1.54, 1.807) is 35.1 Å². The zero-order valence-corrected chi connectivity index (χ0v) is 10.9. The fraction of sp³-hybridized carbons (Fsp3) is 0.231. The first kappa shape index (κ1) is 13.1. The molecule has 0 aliphatic rings. The van der Waals surface area contributed by atoms with E-state index >= 15 is 0 Å². The van der Waals surface area contributed by atoms with Crippen LogP contribution in [0.1, 0.15) is 30.2 Å². The number of carbonyl (C=O) groups excluding carboxylic acids is 1. The van der Waals surface area contributed by atoms with Crippen LogP contribution in [0, 0.1) is 0 Å². The van der Waals surface area contributed by atoms with E-state index in [-0.39, 0.29) is 11.9 Å². The molecule has 0 unspecified atom stereocenters. The van der Waals surface area contributed by atoms with E-state index < -0.39 is 0 Å². The molecule has 0 aliphatic heterocycles. The average molecular weight is 259 g/mol. The van der Waals surface area contributed by atoms with Crippen molar-refractivity contribution in [2.24, 2.45) is 5.84 Å². The number of carbonyl (C=O) groups is 1. The lowest BCUT2D eigenvalue weighted by atomic mass is 10.1. The summed E-state index contributed by atoms with van der Waals surface area (Å²) in [6.07, 6.45) is 1.66. The number of hydrazine groups is 1. The van der Waals surface area contributed by atoms with E-state index in [0.717, 1.165) is 0 Å². The highest BCUT2D eigenvalue weighted by molar-refractivity contribution is 6.07. The smallest absolute Gasteiger partial charge is 0.258 e. The summed E-state index contributed by atoms with van der Waals surface area (Å²) in [4.78, 5) is 12.2. The molecular weight excluding hydrogens is 242 g/mol. The molecule has 2 aromatic rings. The highest BCUT2D eigenvalue weighted by Crippen LogP contribution is 2.18. The Kier molecular flexibility index (Phi) is 3.82. The summed E-state index contributed by atoms with van der Waals surface area (Å²) in [5.74, 6) is 5.83. The molecule has 6 nitrogen and oxygen atoms in total. The van der Waals surface area contributed by atoms with E-state index in [4.69, 9.17) is 5.84 Å². The molecule has 0 bridgehead atoms. The molecule has 0 fully saturated rings. The van der Waals surface area contributed by atoms with Crippen molar-refractivity contribution < 1.29 is 4.79 Å². The van der Waals surface area contributed by atoms with Gasteiger partial charge >= 0.3 is 0 Å². The molecule has 0 saturated heterocycles. The number of nitrogen functional groups attached to an aromatic ring is 1. The summed E-state index contributed by atoms with van der Waals surface area (Å²) in [6, 6.07) is 8.99. The quantitative estimate of drug-likeness (QED) is 0.579. The van der Waals surface area contributed by atoms with Gasteiger partial charge in [0.25, 0.3) is 5.91 Å². The van der Waals surface area contributed by atoms with Gasteiger partial charge in [0.15, 0.2) is 0 Å². The highest BCUT2D eigenvalue weighted by Gasteiger charge is 2.13. The summed E-state index contributed by atoms with van der Waals surface area (Å²) in [6.45, 7) is 4.00. The molecule has 0 aliphatic carbocycles. The molecule has 0 saturated carbocycles. The maximum absolute atomic E-state index is 12.2. The Hall–Kier alpha value is -2.34. The van der Waals surface area contributed by atoms with Gasteiger partial charge in [-0.2, -0.15) is 5.10 Å². The summed E-state index contributed by atoms with van der Waals surface area (Å²) in [5, 5.41) is 7.00. The fourth-order valence-electron chi connectivity index (χ4n) is 1.82. The molecular formula is C13H17N5O. The second kappa shape index (κ2) is 5.53. The van der Waals surface area contributed by atoms with Crippen LogP contribution in [0.15, 0.2) is 36.5 Å². The van der Waals surface area contributed by atoms with Crippen molar-refractivity contribution in [2.45, 2.75) is 19.9 Å². The third-order valence-corrected chi connectivity index (χ3v) is 2.73. The SMILES string of the molecule is CC(C)n1nccc1NC(=O)c1ccccc1NN. The Morgan fingerprint density at radius 2 is 2.05 bits per heavy atom. The van der Waals surface area contributed by atoms with Crippen LogP contribution in [0.2, 0.25) is 0 Å². The zero-order chi connectivity index (χ0) is 13.8. The van der Waals surface area contributed by atoms with Crippen molar-refractivity contribution >= 4 is 17.4 Å². The first-order valence-corrected chi connectivity index (χ1v) is 6.04. The predicted octanol–water partition coefficient (Wildman–Crippen LogP) is 2.00. The maximum Gasteiger partial charge on any atom is 0.258 e. The molecule has 1 aromatic heterocycles. The lowest BCUT2D eigenvalue weighted by Gasteiger charge is -2.13. The Bertz CT molecular complexity index is 576. The molecule has 4 N–H and O–H groups in total. The lowest BCUT2D eigenvalue weighted by molar-refractivity contribution is 0.102. The van der Waals surface area contributed by atoms with Gasteiger partial charge in [0, 0.05) is 12.1 Å². The van der Waals surface area contributed by atoms with Gasteiger partial charge in [0.1, 0.15) is 5.82 Å². The lowest BCUT2D eigenvalue weighted by Crippen LogP contribution is -2.19. The molecule has 0 radical (unpaired) electrons. The first-order chi connectivity index (χ1) is 9.13. The molecule has 0 spiro atoms. The molecule has 1 aromatic carbocycles. The number of benzene rings is 1. The van der Waals surface area contributed by atoms with Crippen LogP contribution in [0.4, 0.5) is 11.5 Å². The van der Waals surface area contributed by atoms with Crippen LogP contribution in [0.5, 0.6) is 0 Å². The van der Waals surface area contributed by atoms with Crippen LogP contribution >= 0.6 is 0 Å². The van der Waals surface area contributed by atoms with Crippen molar-refractivity contribution in [1.82, 2.24) is 9.78 Å². The minimum absolute atomic E-state index is 0.174. The minimum Gasteiger partial charge on any atom is -0.323 e. The topological polar surface area (TPSA) is 85.0 Å². The second-order valence-corrected chi connectivity index (χ2v) is 4.40. The third-order valence-electron chi connectivity index (χ3n) is 2.73. The van der Waals surface area contributed by atoms with Crippen LogP contribution in [0.3, 0.4) is 0 Å². The van der Waals surface area contributed by atoms with Crippen molar-refractivity contribution in [3.05, 3.63) is 42.1 Å². The first-order valence-electron chi connectivity index (χ1n) is 6.04. The van der Waals surface area contributed by atoms with E-state index in [2.05, 4.69) is 15.8 Å². The molecule has 2 rings (SSSR count). The molecule has 0 atom stereocenters. The Balaban J connectivity index is 2.23. The molecule has 100 valence electrons. The Morgan fingerprint density at radius 3 is 2.74 bits per heavy atom. The number of rotatable bonds is 4. The monoisotopic (exact) mass is 259 g/mol. The standard InChI is InChI=1S/C13H17N5O/c1-9(2)18-12(7-8-15-18)16-13(19)10-5-3-4-6-11(10)17-14/h3-9,17H,14H2,1-2H3,(H,16,19). The zero-order valence-electron chi connectivity index (χ0n) is 10.9. The predicted molar refractivity (Wildman–Crippen MR) is 74.8 cm³/mol. The van der Waals surface area contributed by atoms with Crippen LogP contribution < -0.4 is 16.6 Å². The Labute approximate surface area is 111 Å². The molecule has 1 amide bonds. The van der Waals surface area contributed by atoms with Gasteiger partial charge in [-0.1, -0.05) is 12.1 Å². The van der Waals surface area contributed by atoms with Gasteiger partial charge in [0.05, 0.1) is 17.4 Å². The average Bonchev–Trinajstić information content (AvgIpc) is 2.87. The van der Waals surface area contributed by atoms with Gasteiger partial charge < -0.3 is 10.7 Å². The van der Waals surface area contributed by atoms with Crippen LogP contribution in [-0.4, -0.2) is 15.7 Å². The summed E-state index contributed by atoms with van der Waals surface area (Å²) in [5.41, 5.74) is 3.58. The normalized spacial score (nSPS) is 10.5. The fourth-order valence-corrected chi connectivity index (χ4v) is 1.82. The summed E-state index contributed by atoms with van der Waals surface area (Å²) < 4.78 is 1.75. The number of nitrogens with two attached hydrogens (primary N) is 1. The number of nitrogens with one attached hydrogen (secondary N) is 2. The minimum atomic E-state index is -0.226. The summed E-state index contributed by atoms with van der Waals surface area (Å²) >= 11 is 0. The van der Waals surface area contributed by atoms with Crippen molar-refractivity contribution in [3.63, 3.8) is 0 Å². The molecule has 19 heavy (non-hydrogen) atoms. The highest BCUT2D eigenvalue weighted by atomic mass is 16.1. The summed E-state index contributed by atoms with van der Waals surface area (Å²) in [7, 11) is 0. The van der Waals surface area contributed by atoms with Crippen LogP contribution in [0.25, 0.3) is 0 Å². The van der Waals surface area contributed by atoms with Crippen LogP contribution in [-0.2, 0) is 0 Å². The van der Waals surface area contributed by atoms with Gasteiger partial charge in [-0.25, -0.2) is 4.68 Å². The number of para-hydroxylation sites is 1. The number of nitrogens with zero attached hydrogens (tertiary/aromatic N) is 2. The van der Waals surface area contributed by atoms with Crippen molar-refractivity contribution in [1.29, 1.82) is 0 Å². The largest absolute Gasteiger partial charge is 0.323 e. The maximum atomic E-state index is 12.2. The van der Waals surface area contributed by atoms with Gasteiger partial charge in [-0.15, -0.1) is 0 Å². The van der Waals surface area contributed by atoms with E-state index in [1.807, 2.05) is 19.9 Å². The molecule has 6 heteroatoms. The van der Waals surface area contributed by atoms with E-state index in [1.165, 1.54) is 0 Å². The number of anilines is 2. The molecule has 1 heterocycles. The second-order valence-electron chi connectivity index (χ2n) is 4.40. The Morgan fingerprint density at radius 1 is 1.32 bits per heavy atom. The number of hydrogen-bond acceptors (Lipinski definition) is 4. The number of amides is 1. The van der Waals surface area contributed by atoms with E-state index in [9.17, 15) is 4.79 Å². The third kappa shape index (κ3) is 2.74.